The van der Waals surface area contributed by atoms with Crippen LogP contribution in [-0.4, -0.2) is 10.9 Å². The Bertz CT molecular complexity index is 1190. The molecule has 0 saturated heterocycles. The largest absolute Gasteiger partial charge is 0.322 e. The van der Waals surface area contributed by atoms with Crippen LogP contribution in [0.5, 0.6) is 0 Å². The number of carbonyl (C=O) groups excluding carboxylic acids is 1. The van der Waals surface area contributed by atoms with Crippen molar-refractivity contribution in [3.05, 3.63) is 81.4 Å². The number of hydrogen-bond acceptors (Lipinski definition) is 2. The van der Waals surface area contributed by atoms with Gasteiger partial charge in [0, 0.05) is 16.5 Å². The Balaban J connectivity index is 1.82. The SMILES string of the molecule is Cc1cccc(NC(=O)c2cc(-c3ccc(C)c(C)c3)nc3c2=CCCC=3)c1. The van der Waals surface area contributed by atoms with Crippen molar-refractivity contribution in [2.75, 3.05) is 5.32 Å². The molecule has 3 aromatic rings. The fraction of sp³-hybridized carbons (Fsp3) is 0.200. The lowest BCUT2D eigenvalue weighted by Gasteiger charge is -2.12. The highest BCUT2D eigenvalue weighted by Gasteiger charge is 2.14. The summed E-state index contributed by atoms with van der Waals surface area (Å²) in [6.45, 7) is 6.22. The first-order valence-corrected chi connectivity index (χ1v) is 9.68. The van der Waals surface area contributed by atoms with E-state index in [1.165, 1.54) is 11.1 Å². The molecule has 3 heteroatoms. The van der Waals surface area contributed by atoms with Crippen molar-refractivity contribution in [2.45, 2.75) is 33.6 Å². The van der Waals surface area contributed by atoms with Crippen LogP contribution in [0.25, 0.3) is 23.4 Å². The molecule has 0 aliphatic heterocycles. The van der Waals surface area contributed by atoms with Gasteiger partial charge in [0.25, 0.3) is 5.91 Å². The number of benzene rings is 2. The lowest BCUT2D eigenvalue weighted by molar-refractivity contribution is 0.102. The predicted octanol–water partition coefficient (Wildman–Crippen LogP) is 4.28. The van der Waals surface area contributed by atoms with E-state index in [4.69, 9.17) is 4.98 Å². The third-order valence-corrected chi connectivity index (χ3v) is 5.26. The topological polar surface area (TPSA) is 42.0 Å². The number of aryl methyl sites for hydroxylation is 3. The molecule has 1 aliphatic carbocycles. The van der Waals surface area contributed by atoms with E-state index in [1.807, 2.05) is 37.3 Å². The number of nitrogens with zero attached hydrogens (tertiary/aromatic N) is 1. The van der Waals surface area contributed by atoms with Crippen LogP contribution in [0.3, 0.4) is 0 Å². The second-order valence-electron chi connectivity index (χ2n) is 7.46. The van der Waals surface area contributed by atoms with Crippen LogP contribution >= 0.6 is 0 Å². The maximum Gasteiger partial charge on any atom is 0.256 e. The minimum absolute atomic E-state index is 0.0964. The molecule has 1 aromatic heterocycles. The van der Waals surface area contributed by atoms with Crippen LogP contribution in [0, 0.1) is 20.8 Å². The number of pyridine rings is 1. The molecule has 28 heavy (non-hydrogen) atoms. The van der Waals surface area contributed by atoms with Crippen molar-refractivity contribution in [1.29, 1.82) is 0 Å². The molecule has 140 valence electrons. The van der Waals surface area contributed by atoms with Gasteiger partial charge >= 0.3 is 0 Å². The molecular weight excluding hydrogens is 344 g/mol. The second-order valence-corrected chi connectivity index (χ2v) is 7.46. The van der Waals surface area contributed by atoms with E-state index in [2.05, 4.69) is 49.5 Å². The van der Waals surface area contributed by atoms with Gasteiger partial charge in [0.1, 0.15) is 0 Å². The number of aromatic nitrogens is 1. The minimum Gasteiger partial charge on any atom is -0.322 e. The summed E-state index contributed by atoms with van der Waals surface area (Å²) in [6.07, 6.45) is 6.14. The average Bonchev–Trinajstić information content (AvgIpc) is 2.69. The number of hydrogen-bond donors (Lipinski definition) is 1. The third kappa shape index (κ3) is 3.61. The fourth-order valence-electron chi connectivity index (χ4n) is 3.55. The van der Waals surface area contributed by atoms with Crippen LogP contribution in [0.15, 0.2) is 48.5 Å². The first kappa shape index (κ1) is 18.2. The molecule has 0 bridgehead atoms. The summed E-state index contributed by atoms with van der Waals surface area (Å²) in [5, 5.41) is 4.88. The van der Waals surface area contributed by atoms with Crippen molar-refractivity contribution >= 4 is 23.7 Å². The first-order valence-electron chi connectivity index (χ1n) is 9.68. The van der Waals surface area contributed by atoms with Crippen LogP contribution < -0.4 is 15.9 Å². The Labute approximate surface area is 165 Å². The highest BCUT2D eigenvalue weighted by atomic mass is 16.1. The highest BCUT2D eigenvalue weighted by molar-refractivity contribution is 6.05. The molecule has 3 nitrogen and oxygen atoms in total. The van der Waals surface area contributed by atoms with Crippen LogP contribution in [0.1, 0.15) is 39.9 Å². The first-order chi connectivity index (χ1) is 13.5. The van der Waals surface area contributed by atoms with Gasteiger partial charge in [0.2, 0.25) is 0 Å². The van der Waals surface area contributed by atoms with Crippen LogP contribution in [0.2, 0.25) is 0 Å². The summed E-state index contributed by atoms with van der Waals surface area (Å²) in [6, 6.07) is 16.1. The summed E-state index contributed by atoms with van der Waals surface area (Å²) in [4.78, 5) is 18.0. The number of carbonyl (C=O) groups is 1. The Kier molecular flexibility index (Phi) is 4.82. The molecule has 1 N–H and O–H groups in total. The van der Waals surface area contributed by atoms with E-state index >= 15 is 0 Å². The molecule has 0 unspecified atom stereocenters. The monoisotopic (exact) mass is 368 g/mol. The minimum atomic E-state index is -0.0964. The standard InChI is InChI=1S/C25H24N2O/c1-16-7-6-8-20(13-16)26-25(28)22-15-24(19-12-11-17(2)18(3)14-19)27-23-10-5-4-9-21(22)23/h6-15H,4-5H2,1-3H3,(H,26,28). The quantitative estimate of drug-likeness (QED) is 0.750. The summed E-state index contributed by atoms with van der Waals surface area (Å²) in [7, 11) is 0. The van der Waals surface area contributed by atoms with Crippen molar-refractivity contribution < 1.29 is 4.79 Å². The van der Waals surface area contributed by atoms with Crippen LogP contribution in [-0.2, 0) is 0 Å². The number of anilines is 1. The summed E-state index contributed by atoms with van der Waals surface area (Å²) < 4.78 is 0. The number of fused-ring (bicyclic) bond motifs is 1. The molecule has 0 radical (unpaired) electrons. The van der Waals surface area contributed by atoms with Crippen molar-refractivity contribution in [1.82, 2.24) is 4.98 Å². The maximum absolute atomic E-state index is 13.1. The van der Waals surface area contributed by atoms with Gasteiger partial charge < -0.3 is 5.32 Å². The molecule has 0 atom stereocenters. The van der Waals surface area contributed by atoms with Crippen molar-refractivity contribution in [3.8, 4) is 11.3 Å². The third-order valence-electron chi connectivity index (χ3n) is 5.26. The molecule has 0 saturated carbocycles. The smallest absolute Gasteiger partial charge is 0.256 e. The summed E-state index contributed by atoms with van der Waals surface area (Å²) in [5.74, 6) is -0.0964. The molecule has 4 rings (SSSR count). The number of rotatable bonds is 3. The highest BCUT2D eigenvalue weighted by Crippen LogP contribution is 2.20. The molecule has 2 aromatic carbocycles. The normalized spacial score (nSPS) is 12.5. The Morgan fingerprint density at radius 3 is 2.54 bits per heavy atom. The number of amides is 1. The lowest BCUT2D eigenvalue weighted by Crippen LogP contribution is -2.37. The van der Waals surface area contributed by atoms with Gasteiger partial charge in [-0.2, -0.15) is 0 Å². The second kappa shape index (κ2) is 7.43. The molecule has 1 heterocycles. The van der Waals surface area contributed by atoms with Gasteiger partial charge in [-0.15, -0.1) is 0 Å². The molecular formula is C25H24N2O. The Morgan fingerprint density at radius 1 is 0.929 bits per heavy atom. The van der Waals surface area contributed by atoms with E-state index in [-0.39, 0.29) is 5.91 Å². The number of nitrogens with one attached hydrogen (secondary N) is 1. The van der Waals surface area contributed by atoms with Gasteiger partial charge in [0.15, 0.2) is 0 Å². The summed E-state index contributed by atoms with van der Waals surface area (Å²) >= 11 is 0. The Morgan fingerprint density at radius 2 is 1.75 bits per heavy atom. The van der Waals surface area contributed by atoms with Gasteiger partial charge in [-0.05, 0) is 74.6 Å². The predicted molar refractivity (Wildman–Crippen MR) is 116 cm³/mol. The van der Waals surface area contributed by atoms with Gasteiger partial charge in [-0.3, -0.25) is 4.79 Å². The van der Waals surface area contributed by atoms with E-state index in [0.29, 0.717) is 5.56 Å². The van der Waals surface area contributed by atoms with Gasteiger partial charge in [-0.25, -0.2) is 4.98 Å². The zero-order chi connectivity index (χ0) is 19.7. The van der Waals surface area contributed by atoms with Gasteiger partial charge in [0.05, 0.1) is 16.6 Å². The van der Waals surface area contributed by atoms with E-state index < -0.39 is 0 Å². The van der Waals surface area contributed by atoms with Crippen molar-refractivity contribution in [2.24, 2.45) is 0 Å². The molecule has 1 amide bonds. The maximum atomic E-state index is 13.1. The zero-order valence-electron chi connectivity index (χ0n) is 16.5. The van der Waals surface area contributed by atoms with Gasteiger partial charge in [-0.1, -0.05) is 36.4 Å². The molecule has 0 fully saturated rings. The van der Waals surface area contributed by atoms with E-state index in [1.54, 1.807) is 0 Å². The van der Waals surface area contributed by atoms with E-state index in [0.717, 1.165) is 45.9 Å². The zero-order valence-corrected chi connectivity index (χ0v) is 16.5. The fourth-order valence-corrected chi connectivity index (χ4v) is 3.55. The molecule has 1 aliphatic rings. The average molecular weight is 368 g/mol. The summed E-state index contributed by atoms with van der Waals surface area (Å²) in [5.41, 5.74) is 6.94. The molecule has 0 spiro atoms. The Hall–Kier alpha value is -3.20. The lowest BCUT2D eigenvalue weighted by atomic mass is 10.00. The van der Waals surface area contributed by atoms with Crippen LogP contribution in [0.4, 0.5) is 5.69 Å². The van der Waals surface area contributed by atoms with E-state index in [9.17, 15) is 4.79 Å². The van der Waals surface area contributed by atoms with Crippen molar-refractivity contribution in [3.63, 3.8) is 0 Å².